The summed E-state index contributed by atoms with van der Waals surface area (Å²) in [7, 11) is 0. The highest BCUT2D eigenvalue weighted by Gasteiger charge is 2.13. The second kappa shape index (κ2) is 11.6. The lowest BCUT2D eigenvalue weighted by molar-refractivity contribution is 0.112. The highest BCUT2D eigenvalue weighted by atomic mass is 32.1. The number of hydrogen-bond acceptors (Lipinski definition) is 3. The highest BCUT2D eigenvalue weighted by molar-refractivity contribution is 7.25. The first-order valence-electron chi connectivity index (χ1n) is 13.5. The molecule has 0 saturated heterocycles. The van der Waals surface area contributed by atoms with Gasteiger partial charge in [0.25, 0.3) is 0 Å². The Labute approximate surface area is 221 Å². The third-order valence-electron chi connectivity index (χ3n) is 7.10. The number of aldehydes is 1. The maximum absolute atomic E-state index is 11.5. The van der Waals surface area contributed by atoms with Crippen molar-refractivity contribution in [1.82, 2.24) is 9.13 Å². The van der Waals surface area contributed by atoms with E-state index >= 15 is 0 Å². The van der Waals surface area contributed by atoms with Gasteiger partial charge in [-0.15, -0.1) is 22.7 Å². The Morgan fingerprint density at radius 2 is 1.17 bits per heavy atom. The minimum atomic E-state index is 0.746. The molecular formula is C31H36N2OS2. The van der Waals surface area contributed by atoms with Crippen molar-refractivity contribution in [3.8, 4) is 0 Å². The summed E-state index contributed by atoms with van der Waals surface area (Å²) in [6.07, 6.45) is 10.9. The van der Waals surface area contributed by atoms with Gasteiger partial charge in [-0.3, -0.25) is 4.79 Å². The van der Waals surface area contributed by atoms with Gasteiger partial charge >= 0.3 is 0 Å². The second-order valence-corrected chi connectivity index (χ2v) is 11.9. The molecule has 0 bridgehead atoms. The van der Waals surface area contributed by atoms with Gasteiger partial charge in [0, 0.05) is 18.7 Å². The predicted octanol–water partition coefficient (Wildman–Crippen LogP) is 10.1. The normalized spacial score (nSPS) is 11.7. The van der Waals surface area contributed by atoms with E-state index < -0.39 is 0 Å². The van der Waals surface area contributed by atoms with Crippen molar-refractivity contribution >= 4 is 69.8 Å². The molecule has 0 N–H and O–H groups in total. The number of carbonyl (C=O) groups is 1. The van der Waals surface area contributed by atoms with Crippen LogP contribution in [0.25, 0.3) is 40.9 Å². The van der Waals surface area contributed by atoms with Gasteiger partial charge in [-0.05, 0) is 55.3 Å². The van der Waals surface area contributed by atoms with Crippen molar-refractivity contribution in [3.63, 3.8) is 0 Å². The van der Waals surface area contributed by atoms with Crippen LogP contribution in [0.1, 0.15) is 75.6 Å². The van der Waals surface area contributed by atoms with E-state index in [0.717, 1.165) is 24.9 Å². The number of aryl methyl sites for hydroxylation is 2. The number of nitrogens with zero attached hydrogens (tertiary/aromatic N) is 2. The van der Waals surface area contributed by atoms with Crippen LogP contribution in [0.3, 0.4) is 0 Å². The quantitative estimate of drug-likeness (QED) is 0.0974. The van der Waals surface area contributed by atoms with E-state index in [1.807, 2.05) is 28.7 Å². The Balaban J connectivity index is 1.73. The van der Waals surface area contributed by atoms with Gasteiger partial charge in [0.05, 0.1) is 40.9 Å². The van der Waals surface area contributed by atoms with E-state index in [0.29, 0.717) is 0 Å². The van der Waals surface area contributed by atoms with Crippen LogP contribution in [-0.2, 0) is 13.1 Å². The average molecular weight is 517 g/mol. The fraction of sp³-hybridized carbons (Fsp3) is 0.387. The van der Waals surface area contributed by atoms with Gasteiger partial charge in [-0.25, -0.2) is 0 Å². The lowest BCUT2D eigenvalue weighted by Crippen LogP contribution is -2.05. The number of carbonyl (C=O) groups excluding carboxylic acids is 1. The molecule has 0 atom stereocenters. The van der Waals surface area contributed by atoms with Gasteiger partial charge in [-0.2, -0.15) is 0 Å². The summed E-state index contributed by atoms with van der Waals surface area (Å²) >= 11 is 3.71. The first-order valence-corrected chi connectivity index (χ1v) is 15.1. The van der Waals surface area contributed by atoms with Crippen LogP contribution in [0, 0.1) is 0 Å². The minimum Gasteiger partial charge on any atom is -0.339 e. The Hall–Kier alpha value is -2.63. The first kappa shape index (κ1) is 25.0. The zero-order valence-electron chi connectivity index (χ0n) is 21.5. The van der Waals surface area contributed by atoms with Crippen molar-refractivity contribution in [2.45, 2.75) is 78.3 Å². The molecule has 0 aliphatic heterocycles. The van der Waals surface area contributed by atoms with Crippen LogP contribution < -0.4 is 0 Å². The summed E-state index contributed by atoms with van der Waals surface area (Å²) in [4.78, 5) is 11.5. The summed E-state index contributed by atoms with van der Waals surface area (Å²) in [6, 6.07) is 19.8. The number of hydrogen-bond donors (Lipinski definition) is 0. The van der Waals surface area contributed by atoms with E-state index in [1.54, 1.807) is 0 Å². The molecule has 0 fully saturated rings. The minimum absolute atomic E-state index is 0.746. The van der Waals surface area contributed by atoms with Crippen LogP contribution in [0.2, 0.25) is 0 Å². The lowest BCUT2D eigenvalue weighted by Gasteiger charge is -2.19. The van der Waals surface area contributed by atoms with Gasteiger partial charge in [-0.1, -0.05) is 64.5 Å². The molecule has 3 nitrogen and oxygen atoms in total. The maximum atomic E-state index is 11.5. The third kappa shape index (κ3) is 5.09. The molecule has 0 unspecified atom stereocenters. The molecule has 5 heteroatoms. The average Bonchev–Trinajstić information content (AvgIpc) is 2.91. The molecule has 0 saturated carbocycles. The standard InChI is InChI=1S/C31H36N2OS2/c1-3-5-7-11-17-32-24-13-9-10-14-28(24)35-30-20-27-31(21-26(30)32)36-29-19-23(22-34)15-16-25(29)33(27)18-12-8-6-4-2/h9-10,13-16,19-22H,3-8,11-12,17-18H2,1-2H3. The molecule has 0 aliphatic carbocycles. The van der Waals surface area contributed by atoms with Gasteiger partial charge in [0.15, 0.2) is 0 Å². The third-order valence-corrected chi connectivity index (χ3v) is 9.31. The molecule has 36 heavy (non-hydrogen) atoms. The van der Waals surface area contributed by atoms with Crippen LogP contribution >= 0.6 is 22.7 Å². The SMILES string of the molecule is CCCCCCn1c2ccccc2sc2cc3c(cc21)sc1cc(C=O)ccc1n3CCCCCC. The molecule has 2 heterocycles. The van der Waals surface area contributed by atoms with Gasteiger partial charge < -0.3 is 9.13 Å². The largest absolute Gasteiger partial charge is 0.339 e. The van der Waals surface area contributed by atoms with Crippen LogP contribution in [0.15, 0.2) is 54.6 Å². The van der Waals surface area contributed by atoms with Crippen molar-refractivity contribution in [1.29, 1.82) is 0 Å². The number of para-hydroxylation sites is 1. The molecule has 0 aliphatic rings. The first-order chi connectivity index (χ1) is 17.7. The molecular weight excluding hydrogens is 480 g/mol. The summed E-state index contributed by atoms with van der Waals surface area (Å²) in [5, 5.41) is 0. The topological polar surface area (TPSA) is 26.9 Å². The summed E-state index contributed by atoms with van der Waals surface area (Å²) in [6.45, 7) is 6.58. The Bertz CT molecular complexity index is 1550. The highest BCUT2D eigenvalue weighted by Crippen LogP contribution is 2.36. The summed E-state index contributed by atoms with van der Waals surface area (Å²) in [5.74, 6) is 0. The molecule has 5 rings (SSSR count). The fourth-order valence-electron chi connectivity index (χ4n) is 5.17. The molecule has 5 aromatic rings. The predicted molar refractivity (Wildman–Crippen MR) is 159 cm³/mol. The van der Waals surface area contributed by atoms with Crippen molar-refractivity contribution in [2.75, 3.05) is 0 Å². The number of unbranched alkanes of at least 4 members (excludes halogenated alkanes) is 6. The van der Waals surface area contributed by atoms with Crippen molar-refractivity contribution in [3.05, 3.63) is 60.2 Å². The maximum Gasteiger partial charge on any atom is 0.150 e. The van der Waals surface area contributed by atoms with Crippen LogP contribution in [0.5, 0.6) is 0 Å². The van der Waals surface area contributed by atoms with Crippen LogP contribution in [-0.4, -0.2) is 15.4 Å². The van der Waals surface area contributed by atoms with Crippen molar-refractivity contribution < 1.29 is 4.79 Å². The molecule has 2 aromatic heterocycles. The van der Waals surface area contributed by atoms with Gasteiger partial charge in [0.2, 0.25) is 0 Å². The smallest absolute Gasteiger partial charge is 0.150 e. The second-order valence-electron chi connectivity index (χ2n) is 9.73. The van der Waals surface area contributed by atoms with Crippen LogP contribution in [0.4, 0.5) is 0 Å². The van der Waals surface area contributed by atoms with E-state index in [1.165, 1.54) is 92.2 Å². The zero-order chi connectivity index (χ0) is 24.9. The van der Waals surface area contributed by atoms with E-state index in [4.69, 9.17) is 0 Å². The summed E-state index contributed by atoms with van der Waals surface area (Å²) < 4.78 is 10.2. The number of benzene rings is 3. The Kier molecular flexibility index (Phi) is 8.08. The zero-order valence-corrected chi connectivity index (χ0v) is 23.1. The monoisotopic (exact) mass is 516 g/mol. The Morgan fingerprint density at radius 1 is 0.611 bits per heavy atom. The summed E-state index contributed by atoms with van der Waals surface area (Å²) in [5.41, 5.74) is 5.93. The molecule has 0 spiro atoms. The van der Waals surface area contributed by atoms with E-state index in [2.05, 4.69) is 71.5 Å². The molecule has 3 aromatic carbocycles. The number of aromatic nitrogens is 2. The number of rotatable bonds is 11. The molecule has 0 radical (unpaired) electrons. The Morgan fingerprint density at radius 3 is 1.78 bits per heavy atom. The molecule has 0 amide bonds. The number of fused-ring (bicyclic) bond motifs is 4. The lowest BCUT2D eigenvalue weighted by atomic mass is 10.2. The van der Waals surface area contributed by atoms with E-state index in [9.17, 15) is 4.79 Å². The molecule has 188 valence electrons. The van der Waals surface area contributed by atoms with E-state index in [-0.39, 0.29) is 0 Å². The van der Waals surface area contributed by atoms with Gasteiger partial charge in [0.1, 0.15) is 6.29 Å². The fourth-order valence-corrected chi connectivity index (χ4v) is 7.44. The van der Waals surface area contributed by atoms with Crippen molar-refractivity contribution in [2.24, 2.45) is 0 Å².